The smallest absolute Gasteiger partial charge is 0.198 e. The van der Waals surface area contributed by atoms with Crippen LogP contribution in [0.15, 0.2) is 18.9 Å². The van der Waals surface area contributed by atoms with Gasteiger partial charge in [-0.2, -0.15) is 5.10 Å². The van der Waals surface area contributed by atoms with Crippen molar-refractivity contribution in [3.05, 3.63) is 24.5 Å². The summed E-state index contributed by atoms with van der Waals surface area (Å²) in [7, 11) is 1.54. The molecule has 0 saturated carbocycles. The van der Waals surface area contributed by atoms with Gasteiger partial charge in [0, 0.05) is 12.6 Å². The summed E-state index contributed by atoms with van der Waals surface area (Å²) < 4.78 is 6.83. The van der Waals surface area contributed by atoms with E-state index in [9.17, 15) is 4.79 Å². The van der Waals surface area contributed by atoms with Crippen LogP contribution in [0.25, 0.3) is 0 Å². The van der Waals surface area contributed by atoms with Gasteiger partial charge in [-0.15, -0.1) is 6.58 Å². The molecule has 1 aromatic rings. The highest BCUT2D eigenvalue weighted by Crippen LogP contribution is 2.21. The van der Waals surface area contributed by atoms with Crippen LogP contribution < -0.4 is 10.1 Å². The van der Waals surface area contributed by atoms with Crippen molar-refractivity contribution in [3.63, 3.8) is 0 Å². The maximum Gasteiger partial charge on any atom is 0.198 e. The third-order valence-corrected chi connectivity index (χ3v) is 2.31. The van der Waals surface area contributed by atoms with E-state index in [0.29, 0.717) is 18.0 Å². The molecule has 0 aliphatic rings. The normalized spacial score (nSPS) is 10.6. The molecule has 0 amide bonds. The lowest BCUT2D eigenvalue weighted by Gasteiger charge is -2.11. The molecule has 1 N–H and O–H groups in total. The Morgan fingerprint density at radius 1 is 1.71 bits per heavy atom. The van der Waals surface area contributed by atoms with Gasteiger partial charge in [0.15, 0.2) is 11.5 Å². The molecule has 0 spiro atoms. The van der Waals surface area contributed by atoms with Gasteiger partial charge in [0.05, 0.1) is 19.9 Å². The molecule has 1 rings (SSSR count). The Bertz CT molecular complexity index is 396. The van der Waals surface area contributed by atoms with Gasteiger partial charge in [0.1, 0.15) is 5.69 Å². The zero-order valence-electron chi connectivity index (χ0n) is 10.6. The van der Waals surface area contributed by atoms with E-state index in [-0.39, 0.29) is 18.4 Å². The number of aromatic nitrogens is 2. The molecule has 94 valence electrons. The van der Waals surface area contributed by atoms with Crippen molar-refractivity contribution in [3.8, 4) is 5.75 Å². The maximum absolute atomic E-state index is 12.0. The summed E-state index contributed by atoms with van der Waals surface area (Å²) in [6.45, 7) is 8.38. The Kier molecular flexibility index (Phi) is 4.90. The summed E-state index contributed by atoms with van der Waals surface area (Å²) in [4.78, 5) is 12.0. The average Bonchev–Trinajstić information content (AvgIpc) is 2.72. The fourth-order valence-electron chi connectivity index (χ4n) is 1.52. The molecular formula is C12H19N3O2. The largest absolute Gasteiger partial charge is 0.493 e. The number of ketones is 1. The quantitative estimate of drug-likeness (QED) is 0.443. The summed E-state index contributed by atoms with van der Waals surface area (Å²) >= 11 is 0. The Hall–Kier alpha value is -1.62. The third-order valence-electron chi connectivity index (χ3n) is 2.31. The minimum absolute atomic E-state index is 0.0325. The number of nitrogens with zero attached hydrogens (tertiary/aromatic N) is 2. The Labute approximate surface area is 101 Å². The molecule has 1 aromatic heterocycles. The van der Waals surface area contributed by atoms with E-state index < -0.39 is 0 Å². The molecule has 0 atom stereocenters. The van der Waals surface area contributed by atoms with Crippen LogP contribution in [0, 0.1) is 0 Å². The zero-order valence-corrected chi connectivity index (χ0v) is 10.6. The monoisotopic (exact) mass is 237 g/mol. The fourth-order valence-corrected chi connectivity index (χ4v) is 1.52. The summed E-state index contributed by atoms with van der Waals surface area (Å²) in [5.41, 5.74) is 0.513. The lowest BCUT2D eigenvalue weighted by atomic mass is 10.2. The molecule has 0 aromatic carbocycles. The van der Waals surface area contributed by atoms with Crippen LogP contribution in [0.4, 0.5) is 0 Å². The van der Waals surface area contributed by atoms with Gasteiger partial charge in [-0.05, 0) is 13.8 Å². The van der Waals surface area contributed by atoms with Gasteiger partial charge in [-0.3, -0.25) is 9.48 Å². The predicted octanol–water partition coefficient (Wildman–Crippen LogP) is 1.43. The van der Waals surface area contributed by atoms with Crippen LogP contribution in [0.1, 0.15) is 30.4 Å². The van der Waals surface area contributed by atoms with Crippen LogP contribution >= 0.6 is 0 Å². The van der Waals surface area contributed by atoms with Gasteiger partial charge in [0.2, 0.25) is 0 Å². The van der Waals surface area contributed by atoms with Crippen molar-refractivity contribution < 1.29 is 9.53 Å². The van der Waals surface area contributed by atoms with Gasteiger partial charge in [-0.1, -0.05) is 6.08 Å². The number of rotatable bonds is 7. The van der Waals surface area contributed by atoms with Crippen LogP contribution in [0.5, 0.6) is 5.75 Å². The summed E-state index contributed by atoms with van der Waals surface area (Å²) in [6.07, 6.45) is 3.28. The molecule has 17 heavy (non-hydrogen) atoms. The molecule has 0 unspecified atom stereocenters. The van der Waals surface area contributed by atoms with Crippen LogP contribution in [-0.4, -0.2) is 35.8 Å². The van der Waals surface area contributed by atoms with E-state index in [2.05, 4.69) is 17.0 Å². The van der Waals surface area contributed by atoms with Crippen molar-refractivity contribution in [2.75, 3.05) is 20.2 Å². The number of hydrogen-bond acceptors (Lipinski definition) is 4. The number of carbonyl (C=O) groups is 1. The summed E-state index contributed by atoms with van der Waals surface area (Å²) in [5, 5.41) is 7.13. The molecular weight excluding hydrogens is 218 g/mol. The number of nitrogens with one attached hydrogen (secondary N) is 1. The van der Waals surface area contributed by atoms with Crippen molar-refractivity contribution in [1.29, 1.82) is 0 Å². The lowest BCUT2D eigenvalue weighted by molar-refractivity contribution is 0.0977. The first kappa shape index (κ1) is 13.4. The highest BCUT2D eigenvalue weighted by atomic mass is 16.5. The first-order valence-corrected chi connectivity index (χ1v) is 5.58. The van der Waals surface area contributed by atoms with Crippen molar-refractivity contribution >= 4 is 5.78 Å². The minimum Gasteiger partial charge on any atom is -0.493 e. The Morgan fingerprint density at radius 2 is 2.41 bits per heavy atom. The van der Waals surface area contributed by atoms with E-state index >= 15 is 0 Å². The number of ether oxygens (including phenoxy) is 1. The first-order chi connectivity index (χ1) is 8.11. The van der Waals surface area contributed by atoms with Gasteiger partial charge >= 0.3 is 0 Å². The van der Waals surface area contributed by atoms with E-state index in [4.69, 9.17) is 4.74 Å². The van der Waals surface area contributed by atoms with Crippen LogP contribution in [0.2, 0.25) is 0 Å². The SMILES string of the molecule is C=CCNCC(=O)c1c(OC)cnn1C(C)C. The summed E-state index contributed by atoms with van der Waals surface area (Å²) in [5.74, 6) is 0.485. The highest BCUT2D eigenvalue weighted by Gasteiger charge is 2.20. The topological polar surface area (TPSA) is 56.1 Å². The van der Waals surface area contributed by atoms with Crippen LogP contribution in [0.3, 0.4) is 0 Å². The summed E-state index contributed by atoms with van der Waals surface area (Å²) in [6, 6.07) is 0.122. The van der Waals surface area contributed by atoms with Gasteiger partial charge in [0.25, 0.3) is 0 Å². The van der Waals surface area contributed by atoms with E-state index in [1.807, 2.05) is 13.8 Å². The van der Waals surface area contributed by atoms with E-state index in [0.717, 1.165) is 0 Å². The third kappa shape index (κ3) is 3.17. The second-order valence-corrected chi connectivity index (χ2v) is 3.94. The predicted molar refractivity (Wildman–Crippen MR) is 66.6 cm³/mol. The fraction of sp³-hybridized carbons (Fsp3) is 0.500. The number of hydrogen-bond donors (Lipinski definition) is 1. The first-order valence-electron chi connectivity index (χ1n) is 5.58. The standard InChI is InChI=1S/C12H19N3O2/c1-5-6-13-7-10(16)12-11(17-4)8-14-15(12)9(2)3/h5,8-9,13H,1,6-7H2,2-4H3. The van der Waals surface area contributed by atoms with Crippen molar-refractivity contribution in [1.82, 2.24) is 15.1 Å². The molecule has 0 aliphatic heterocycles. The highest BCUT2D eigenvalue weighted by molar-refractivity contribution is 5.98. The Balaban J connectivity index is 2.89. The minimum atomic E-state index is -0.0325. The average molecular weight is 237 g/mol. The molecule has 1 heterocycles. The molecule has 0 saturated heterocycles. The molecule has 0 aliphatic carbocycles. The molecule has 0 fully saturated rings. The van der Waals surface area contributed by atoms with E-state index in [1.165, 1.54) is 7.11 Å². The lowest BCUT2D eigenvalue weighted by Crippen LogP contribution is -2.26. The molecule has 0 radical (unpaired) electrons. The van der Waals surface area contributed by atoms with Crippen LogP contribution in [-0.2, 0) is 0 Å². The molecule has 5 nitrogen and oxygen atoms in total. The molecule has 0 bridgehead atoms. The van der Waals surface area contributed by atoms with Gasteiger partial charge < -0.3 is 10.1 Å². The van der Waals surface area contributed by atoms with Crippen molar-refractivity contribution in [2.24, 2.45) is 0 Å². The van der Waals surface area contributed by atoms with E-state index in [1.54, 1.807) is 17.0 Å². The zero-order chi connectivity index (χ0) is 12.8. The van der Waals surface area contributed by atoms with Crippen molar-refractivity contribution in [2.45, 2.75) is 19.9 Å². The number of methoxy groups -OCH3 is 1. The number of carbonyl (C=O) groups excluding carboxylic acids is 1. The second-order valence-electron chi connectivity index (χ2n) is 3.94. The number of Topliss-reactive ketones (excluding diaryl/α,β-unsaturated/α-hetero) is 1. The van der Waals surface area contributed by atoms with Gasteiger partial charge in [-0.25, -0.2) is 0 Å². The molecule has 5 heteroatoms. The Morgan fingerprint density at radius 3 is 2.94 bits per heavy atom. The second kappa shape index (κ2) is 6.20. The maximum atomic E-state index is 12.0.